The lowest BCUT2D eigenvalue weighted by Crippen LogP contribution is -2.51. The fourth-order valence-corrected chi connectivity index (χ4v) is 3.78. The van der Waals surface area contributed by atoms with Crippen molar-refractivity contribution in [3.05, 3.63) is 80.9 Å². The summed E-state index contributed by atoms with van der Waals surface area (Å²) >= 11 is 0. The van der Waals surface area contributed by atoms with E-state index in [4.69, 9.17) is 0 Å². The second-order valence-electron chi connectivity index (χ2n) is 7.41. The molecule has 0 radical (unpaired) electrons. The number of hydrogen-bond acceptors (Lipinski definition) is 6. The second-order valence-corrected chi connectivity index (χ2v) is 7.41. The smallest absolute Gasteiger partial charge is 0.253 e. The van der Waals surface area contributed by atoms with Gasteiger partial charge in [0.05, 0.1) is 0 Å². The molecule has 0 unspecified atom stereocenters. The van der Waals surface area contributed by atoms with Gasteiger partial charge >= 0.3 is 0 Å². The van der Waals surface area contributed by atoms with Gasteiger partial charge in [0.25, 0.3) is 10.9 Å². The quantitative estimate of drug-likeness (QED) is 0.441. The van der Waals surface area contributed by atoms with Gasteiger partial charge in [0.15, 0.2) is 0 Å². The molecule has 0 atom stereocenters. The monoisotopic (exact) mass is 408 g/mol. The third kappa shape index (κ3) is 4.30. The molecule has 3 aromatic rings. The van der Waals surface area contributed by atoms with E-state index in [2.05, 4.69) is 15.5 Å². The molecule has 156 valence electrons. The number of rotatable bonds is 8. The Morgan fingerprint density at radius 3 is 2.10 bits per heavy atom. The van der Waals surface area contributed by atoms with Crippen LogP contribution in [0.3, 0.4) is 0 Å². The number of piperazine rings is 1. The molecule has 3 aromatic carbocycles. The molecule has 0 aliphatic carbocycles. The largest absolute Gasteiger partial charge is 0.385 e. The fourth-order valence-electron chi connectivity index (χ4n) is 3.78. The molecule has 1 aliphatic rings. The SMILES string of the molecule is O=c1c(NCCCNc2ccccc2)c(N2CCN(c3ccc(F)cc3)CC2)c1=O. The molecule has 7 heteroatoms. The molecule has 2 N–H and O–H groups in total. The van der Waals surface area contributed by atoms with Crippen molar-refractivity contribution in [1.29, 1.82) is 0 Å². The highest BCUT2D eigenvalue weighted by molar-refractivity contribution is 5.75. The molecule has 30 heavy (non-hydrogen) atoms. The van der Waals surface area contributed by atoms with Crippen LogP contribution >= 0.6 is 0 Å². The maximum Gasteiger partial charge on any atom is 0.253 e. The van der Waals surface area contributed by atoms with Crippen molar-refractivity contribution in [3.8, 4) is 0 Å². The first-order valence-electron chi connectivity index (χ1n) is 10.2. The highest BCUT2D eigenvalue weighted by atomic mass is 19.1. The Morgan fingerprint density at radius 2 is 1.40 bits per heavy atom. The van der Waals surface area contributed by atoms with E-state index in [1.165, 1.54) is 12.1 Å². The number of halogens is 1. The predicted molar refractivity (Wildman–Crippen MR) is 120 cm³/mol. The number of nitrogens with zero attached hydrogens (tertiary/aromatic N) is 2. The molecule has 0 aromatic heterocycles. The van der Waals surface area contributed by atoms with Crippen LogP contribution in [0, 0.1) is 5.82 Å². The molecule has 1 fully saturated rings. The van der Waals surface area contributed by atoms with E-state index < -0.39 is 10.9 Å². The molecule has 0 saturated carbocycles. The number of hydrogen-bond donors (Lipinski definition) is 2. The van der Waals surface area contributed by atoms with E-state index in [9.17, 15) is 14.0 Å². The van der Waals surface area contributed by atoms with Gasteiger partial charge in [-0.15, -0.1) is 0 Å². The van der Waals surface area contributed by atoms with Gasteiger partial charge in [-0.3, -0.25) is 9.59 Å². The van der Waals surface area contributed by atoms with E-state index in [1.807, 2.05) is 35.2 Å². The molecule has 6 nitrogen and oxygen atoms in total. The summed E-state index contributed by atoms with van der Waals surface area (Å²) in [6.07, 6.45) is 0.825. The average Bonchev–Trinajstić information content (AvgIpc) is 2.79. The zero-order valence-corrected chi connectivity index (χ0v) is 16.7. The molecule has 0 spiro atoms. The Morgan fingerprint density at radius 1 is 0.767 bits per heavy atom. The van der Waals surface area contributed by atoms with Crippen molar-refractivity contribution in [2.45, 2.75) is 6.42 Å². The highest BCUT2D eigenvalue weighted by Crippen LogP contribution is 2.24. The van der Waals surface area contributed by atoms with E-state index in [0.29, 0.717) is 44.1 Å². The Bertz CT molecular complexity index is 1040. The van der Waals surface area contributed by atoms with Crippen molar-refractivity contribution in [3.63, 3.8) is 0 Å². The lowest BCUT2D eigenvalue weighted by molar-refractivity contribution is 0.624. The Labute approximate surface area is 174 Å². The number of benzene rings is 2. The summed E-state index contributed by atoms with van der Waals surface area (Å²) in [5.74, 6) is -0.254. The molecule has 0 amide bonds. The van der Waals surface area contributed by atoms with Gasteiger partial charge < -0.3 is 20.4 Å². The zero-order valence-electron chi connectivity index (χ0n) is 16.7. The van der Waals surface area contributed by atoms with Crippen LogP contribution in [-0.2, 0) is 0 Å². The van der Waals surface area contributed by atoms with Crippen LogP contribution in [0.15, 0.2) is 64.2 Å². The minimum Gasteiger partial charge on any atom is -0.385 e. The van der Waals surface area contributed by atoms with Crippen molar-refractivity contribution < 1.29 is 4.39 Å². The van der Waals surface area contributed by atoms with Gasteiger partial charge in [0.2, 0.25) is 0 Å². The predicted octanol–water partition coefficient (Wildman–Crippen LogP) is 2.66. The maximum absolute atomic E-state index is 13.1. The average molecular weight is 408 g/mol. The van der Waals surface area contributed by atoms with Crippen LogP contribution in [0.5, 0.6) is 0 Å². The van der Waals surface area contributed by atoms with Crippen LogP contribution in [0.4, 0.5) is 27.1 Å². The summed E-state index contributed by atoms with van der Waals surface area (Å²) in [5, 5.41) is 6.48. The van der Waals surface area contributed by atoms with Gasteiger partial charge in [0.1, 0.15) is 17.2 Å². The molecule has 1 aliphatic heterocycles. The summed E-state index contributed by atoms with van der Waals surface area (Å²) in [5.41, 5.74) is 2.14. The number of nitrogens with one attached hydrogen (secondary N) is 2. The third-order valence-corrected chi connectivity index (χ3v) is 5.43. The minimum absolute atomic E-state index is 0.254. The van der Waals surface area contributed by atoms with Crippen LogP contribution < -0.4 is 31.3 Å². The van der Waals surface area contributed by atoms with Crippen LogP contribution in [0.2, 0.25) is 0 Å². The van der Waals surface area contributed by atoms with E-state index in [1.54, 1.807) is 12.1 Å². The second kappa shape index (κ2) is 8.98. The summed E-state index contributed by atoms with van der Waals surface area (Å²) < 4.78 is 13.1. The molecule has 1 saturated heterocycles. The fraction of sp³-hybridized carbons (Fsp3) is 0.304. The topological polar surface area (TPSA) is 64.7 Å². The normalized spacial score (nSPS) is 14.2. The lowest BCUT2D eigenvalue weighted by atomic mass is 10.1. The van der Waals surface area contributed by atoms with Gasteiger partial charge in [-0.1, -0.05) is 18.2 Å². The Hall–Kier alpha value is -3.35. The Balaban J connectivity index is 1.28. The summed E-state index contributed by atoms with van der Waals surface area (Å²) in [7, 11) is 0. The third-order valence-electron chi connectivity index (χ3n) is 5.43. The van der Waals surface area contributed by atoms with E-state index in [0.717, 1.165) is 24.3 Å². The zero-order chi connectivity index (χ0) is 20.9. The first-order chi connectivity index (χ1) is 14.6. The highest BCUT2D eigenvalue weighted by Gasteiger charge is 2.28. The van der Waals surface area contributed by atoms with Crippen LogP contribution in [0.25, 0.3) is 0 Å². The van der Waals surface area contributed by atoms with Crippen molar-refractivity contribution in [1.82, 2.24) is 0 Å². The van der Waals surface area contributed by atoms with E-state index >= 15 is 0 Å². The van der Waals surface area contributed by atoms with Gasteiger partial charge in [-0.05, 0) is 42.8 Å². The molecular weight excluding hydrogens is 383 g/mol. The molecule has 0 bridgehead atoms. The summed E-state index contributed by atoms with van der Waals surface area (Å²) in [6.45, 7) is 4.11. The maximum atomic E-state index is 13.1. The molecular formula is C23H25FN4O2. The van der Waals surface area contributed by atoms with Crippen LogP contribution in [0.1, 0.15) is 6.42 Å². The van der Waals surface area contributed by atoms with Gasteiger partial charge in [-0.25, -0.2) is 4.39 Å². The first-order valence-corrected chi connectivity index (χ1v) is 10.2. The summed E-state index contributed by atoms with van der Waals surface area (Å²) in [6, 6.07) is 16.4. The van der Waals surface area contributed by atoms with E-state index in [-0.39, 0.29) is 5.82 Å². The van der Waals surface area contributed by atoms with Crippen molar-refractivity contribution in [2.24, 2.45) is 0 Å². The number of para-hydroxylation sites is 1. The van der Waals surface area contributed by atoms with Crippen molar-refractivity contribution >= 4 is 22.7 Å². The minimum atomic E-state index is -0.429. The summed E-state index contributed by atoms with van der Waals surface area (Å²) in [4.78, 5) is 28.4. The lowest BCUT2D eigenvalue weighted by Gasteiger charge is -2.38. The Kier molecular flexibility index (Phi) is 5.97. The van der Waals surface area contributed by atoms with Gasteiger partial charge in [0, 0.05) is 50.6 Å². The van der Waals surface area contributed by atoms with Gasteiger partial charge in [-0.2, -0.15) is 0 Å². The van der Waals surface area contributed by atoms with Crippen molar-refractivity contribution in [2.75, 3.05) is 59.7 Å². The molecule has 4 rings (SSSR count). The first kappa shape index (κ1) is 19.9. The van der Waals surface area contributed by atoms with Crippen LogP contribution in [-0.4, -0.2) is 39.3 Å². The molecule has 1 heterocycles. The number of anilines is 4. The standard InChI is InChI=1S/C23H25FN4O2/c24-17-7-9-19(10-8-17)27-13-15-28(16-14-27)21-20(22(29)23(21)30)26-12-4-11-25-18-5-2-1-3-6-18/h1-3,5-10,25-26H,4,11-16H2.